The van der Waals surface area contributed by atoms with Crippen molar-refractivity contribution in [2.75, 3.05) is 5.32 Å². The Labute approximate surface area is 146 Å². The fraction of sp³-hybridized carbons (Fsp3) is 0.400. The van der Waals surface area contributed by atoms with Crippen molar-refractivity contribution >= 4 is 11.6 Å². The van der Waals surface area contributed by atoms with Crippen molar-refractivity contribution in [1.29, 1.82) is 0 Å². The number of benzene rings is 1. The number of anilines is 1. The summed E-state index contributed by atoms with van der Waals surface area (Å²) in [5, 5.41) is 3.02. The molecule has 1 N–H and O–H groups in total. The number of nitrogens with one attached hydrogen (secondary N) is 1. The quantitative estimate of drug-likeness (QED) is 0.830. The van der Waals surface area contributed by atoms with Gasteiger partial charge in [-0.1, -0.05) is 18.6 Å². The van der Waals surface area contributed by atoms with Gasteiger partial charge in [-0.15, -0.1) is 0 Å². The normalized spacial score (nSPS) is 17.7. The standard InChI is InChI=1S/C17H18N2O.C3H4F2/c1-12-7-8-15(19-17(20)13-4-2-5-13)10-16(12)14-6-3-9-18-11-14;4-3(5)1-2-3/h3,6-11,13H,2,4-5H2,1H3,(H,19,20);1-2H2. The zero-order valence-corrected chi connectivity index (χ0v) is 14.3. The molecule has 0 saturated heterocycles. The molecular formula is C20H22F2N2O. The molecular weight excluding hydrogens is 322 g/mol. The van der Waals surface area contributed by atoms with Crippen LogP contribution in [0.2, 0.25) is 0 Å². The van der Waals surface area contributed by atoms with Crippen LogP contribution in [0.5, 0.6) is 0 Å². The van der Waals surface area contributed by atoms with E-state index in [9.17, 15) is 13.6 Å². The van der Waals surface area contributed by atoms with Crippen LogP contribution in [0.15, 0.2) is 42.7 Å². The molecule has 132 valence electrons. The number of pyridine rings is 1. The van der Waals surface area contributed by atoms with Crippen molar-refractivity contribution in [3.63, 3.8) is 0 Å². The number of amides is 1. The van der Waals surface area contributed by atoms with Gasteiger partial charge in [0.05, 0.1) is 0 Å². The fourth-order valence-corrected chi connectivity index (χ4v) is 2.54. The number of hydrogen-bond donors (Lipinski definition) is 1. The van der Waals surface area contributed by atoms with E-state index in [-0.39, 0.29) is 24.7 Å². The SMILES string of the molecule is Cc1ccc(NC(=O)C2CCC2)cc1-c1cccnc1.FC1(F)CC1. The van der Waals surface area contributed by atoms with E-state index in [4.69, 9.17) is 0 Å². The lowest BCUT2D eigenvalue weighted by molar-refractivity contribution is -0.122. The summed E-state index contributed by atoms with van der Waals surface area (Å²) >= 11 is 0. The van der Waals surface area contributed by atoms with Crippen LogP contribution < -0.4 is 5.32 Å². The number of carbonyl (C=O) groups excluding carboxylic acids is 1. The van der Waals surface area contributed by atoms with E-state index >= 15 is 0 Å². The average molecular weight is 344 g/mol. The van der Waals surface area contributed by atoms with Gasteiger partial charge < -0.3 is 5.32 Å². The predicted octanol–water partition coefficient (Wildman–Crippen LogP) is 5.21. The van der Waals surface area contributed by atoms with E-state index in [0.29, 0.717) is 0 Å². The van der Waals surface area contributed by atoms with E-state index in [1.165, 1.54) is 12.0 Å². The van der Waals surface area contributed by atoms with Crippen molar-refractivity contribution in [1.82, 2.24) is 4.98 Å². The number of nitrogens with zero attached hydrogens (tertiary/aromatic N) is 1. The highest BCUT2D eigenvalue weighted by Gasteiger charge is 2.43. The highest BCUT2D eigenvalue weighted by molar-refractivity contribution is 5.93. The number of aryl methyl sites for hydroxylation is 1. The van der Waals surface area contributed by atoms with E-state index in [0.717, 1.165) is 29.7 Å². The van der Waals surface area contributed by atoms with Gasteiger partial charge in [-0.3, -0.25) is 9.78 Å². The Hall–Kier alpha value is -2.30. The monoisotopic (exact) mass is 344 g/mol. The van der Waals surface area contributed by atoms with Crippen LogP contribution >= 0.6 is 0 Å². The average Bonchev–Trinajstić information content (AvgIpc) is 3.24. The van der Waals surface area contributed by atoms with Gasteiger partial charge in [0.2, 0.25) is 11.8 Å². The molecule has 2 fully saturated rings. The van der Waals surface area contributed by atoms with Crippen molar-refractivity contribution in [2.24, 2.45) is 5.92 Å². The Balaban J connectivity index is 0.000000314. The highest BCUT2D eigenvalue weighted by atomic mass is 19.3. The lowest BCUT2D eigenvalue weighted by Crippen LogP contribution is -2.28. The second kappa shape index (κ2) is 7.30. The molecule has 1 heterocycles. The van der Waals surface area contributed by atoms with E-state index in [1.807, 2.05) is 36.5 Å². The predicted molar refractivity (Wildman–Crippen MR) is 94.6 cm³/mol. The van der Waals surface area contributed by atoms with E-state index < -0.39 is 5.92 Å². The molecule has 0 unspecified atom stereocenters. The summed E-state index contributed by atoms with van der Waals surface area (Å²) in [4.78, 5) is 16.2. The van der Waals surface area contributed by atoms with Gasteiger partial charge in [0, 0.05) is 42.4 Å². The number of alkyl halides is 2. The summed E-state index contributed by atoms with van der Waals surface area (Å²) in [5.41, 5.74) is 4.24. The van der Waals surface area contributed by atoms with Crippen molar-refractivity contribution < 1.29 is 13.6 Å². The van der Waals surface area contributed by atoms with Crippen LogP contribution in [0.3, 0.4) is 0 Å². The van der Waals surface area contributed by atoms with Crippen molar-refractivity contribution in [3.05, 3.63) is 48.3 Å². The van der Waals surface area contributed by atoms with Gasteiger partial charge in [0.15, 0.2) is 0 Å². The first-order valence-electron chi connectivity index (χ1n) is 8.64. The summed E-state index contributed by atoms with van der Waals surface area (Å²) in [6.45, 7) is 2.07. The van der Waals surface area contributed by atoms with Gasteiger partial charge in [-0.05, 0) is 49.1 Å². The number of rotatable bonds is 3. The second-order valence-corrected chi connectivity index (χ2v) is 6.74. The lowest BCUT2D eigenvalue weighted by Gasteiger charge is -2.24. The van der Waals surface area contributed by atoms with Gasteiger partial charge in [-0.25, -0.2) is 8.78 Å². The van der Waals surface area contributed by atoms with Crippen LogP contribution in [-0.2, 0) is 4.79 Å². The number of halogens is 2. The van der Waals surface area contributed by atoms with Crippen molar-refractivity contribution in [2.45, 2.75) is 45.0 Å². The minimum Gasteiger partial charge on any atom is -0.326 e. The first-order valence-corrected chi connectivity index (χ1v) is 8.64. The van der Waals surface area contributed by atoms with Gasteiger partial charge in [-0.2, -0.15) is 0 Å². The number of carbonyl (C=O) groups is 1. The third-order valence-electron chi connectivity index (χ3n) is 4.58. The fourth-order valence-electron chi connectivity index (χ4n) is 2.54. The Morgan fingerprint density at radius 3 is 2.48 bits per heavy atom. The maximum atomic E-state index is 12.0. The van der Waals surface area contributed by atoms with Gasteiger partial charge in [0.25, 0.3) is 0 Å². The molecule has 25 heavy (non-hydrogen) atoms. The summed E-state index contributed by atoms with van der Waals surface area (Å²) in [6, 6.07) is 9.99. The molecule has 2 saturated carbocycles. The van der Waals surface area contributed by atoms with Crippen LogP contribution in [0.25, 0.3) is 11.1 Å². The largest absolute Gasteiger partial charge is 0.326 e. The van der Waals surface area contributed by atoms with Crippen molar-refractivity contribution in [3.8, 4) is 11.1 Å². The molecule has 0 spiro atoms. The Morgan fingerprint density at radius 2 is 1.96 bits per heavy atom. The van der Waals surface area contributed by atoms with Crippen LogP contribution in [0, 0.1) is 12.8 Å². The first kappa shape index (κ1) is 17.5. The first-order chi connectivity index (χ1) is 11.9. The Kier molecular flexibility index (Phi) is 5.11. The van der Waals surface area contributed by atoms with E-state index in [2.05, 4.69) is 17.2 Å². The number of aromatic nitrogens is 1. The molecule has 0 aliphatic heterocycles. The summed E-state index contributed by atoms with van der Waals surface area (Å²) in [7, 11) is 0. The molecule has 3 nitrogen and oxygen atoms in total. The highest BCUT2D eigenvalue weighted by Crippen LogP contribution is 2.40. The molecule has 1 amide bonds. The molecule has 5 heteroatoms. The second-order valence-electron chi connectivity index (χ2n) is 6.74. The molecule has 2 aliphatic rings. The topological polar surface area (TPSA) is 42.0 Å². The molecule has 0 radical (unpaired) electrons. The minimum atomic E-state index is -2.25. The van der Waals surface area contributed by atoms with E-state index in [1.54, 1.807) is 6.20 Å². The third kappa shape index (κ3) is 4.84. The maximum Gasteiger partial charge on any atom is 0.248 e. The minimum absolute atomic E-state index is 0.118. The molecule has 1 aromatic carbocycles. The summed E-state index contributed by atoms with van der Waals surface area (Å²) < 4.78 is 22.3. The van der Waals surface area contributed by atoms with Crippen LogP contribution in [-0.4, -0.2) is 16.8 Å². The third-order valence-corrected chi connectivity index (χ3v) is 4.58. The van der Waals surface area contributed by atoms with Crippen LogP contribution in [0.4, 0.5) is 14.5 Å². The molecule has 1 aromatic heterocycles. The van der Waals surface area contributed by atoms with Gasteiger partial charge in [0.1, 0.15) is 0 Å². The molecule has 2 aromatic rings. The molecule has 2 aliphatic carbocycles. The molecule has 0 atom stereocenters. The number of hydrogen-bond acceptors (Lipinski definition) is 2. The summed E-state index contributed by atoms with van der Waals surface area (Å²) in [5.74, 6) is -1.89. The summed E-state index contributed by atoms with van der Waals surface area (Å²) in [6.07, 6.45) is 7.06. The zero-order valence-electron chi connectivity index (χ0n) is 14.3. The molecule has 0 bridgehead atoms. The molecule has 4 rings (SSSR count). The maximum absolute atomic E-state index is 12.0. The Bertz CT molecular complexity index is 737. The Morgan fingerprint density at radius 1 is 1.24 bits per heavy atom. The van der Waals surface area contributed by atoms with Gasteiger partial charge >= 0.3 is 0 Å². The zero-order chi connectivity index (χ0) is 17.9. The van der Waals surface area contributed by atoms with Crippen LogP contribution in [0.1, 0.15) is 37.7 Å². The smallest absolute Gasteiger partial charge is 0.248 e. The lowest BCUT2D eigenvalue weighted by atomic mass is 9.85.